The maximum Gasteiger partial charge on any atom is 0.419 e. The van der Waals surface area contributed by atoms with Crippen LogP contribution in [0.5, 0.6) is 0 Å². The topological polar surface area (TPSA) is 64.7 Å². The van der Waals surface area contributed by atoms with Gasteiger partial charge in [0.1, 0.15) is 0 Å². The molecule has 0 radical (unpaired) electrons. The molecule has 1 amide bonds. The molecule has 2 fully saturated rings. The van der Waals surface area contributed by atoms with Crippen LogP contribution >= 0.6 is 0 Å². The lowest BCUT2D eigenvalue weighted by atomic mass is 9.90. The first-order valence-corrected chi connectivity index (χ1v) is 9.23. The van der Waals surface area contributed by atoms with Crippen molar-refractivity contribution in [1.82, 2.24) is 9.47 Å². The van der Waals surface area contributed by atoms with Crippen molar-refractivity contribution in [3.05, 3.63) is 34.8 Å². The Morgan fingerprint density at radius 2 is 2.04 bits per heavy atom. The fourth-order valence-electron chi connectivity index (χ4n) is 4.16. The Labute approximate surface area is 146 Å². The molecule has 1 saturated heterocycles. The number of aromatic nitrogens is 1. The molecule has 1 aliphatic heterocycles. The van der Waals surface area contributed by atoms with Gasteiger partial charge in [-0.15, -0.1) is 0 Å². The average molecular weight is 344 g/mol. The second-order valence-electron chi connectivity index (χ2n) is 6.94. The molecule has 0 N–H and O–H groups in total. The Hall–Kier alpha value is -2.08. The van der Waals surface area contributed by atoms with E-state index < -0.39 is 0 Å². The van der Waals surface area contributed by atoms with Crippen LogP contribution in [-0.4, -0.2) is 40.7 Å². The summed E-state index contributed by atoms with van der Waals surface area (Å²) in [5.74, 6) is -0.173. The molecule has 1 aromatic heterocycles. The summed E-state index contributed by atoms with van der Waals surface area (Å²) in [5, 5.41) is 0. The number of carbonyl (C=O) groups is 1. The first-order chi connectivity index (χ1) is 12.2. The number of rotatable bonds is 4. The summed E-state index contributed by atoms with van der Waals surface area (Å²) in [6, 6.07) is 7.63. The standard InChI is InChI=1S/C19H24N2O4/c22-18(20-12-13-24-16-8-3-1-6-14(16)20)10-5-11-21-15-7-2-4-9-17(15)25-19(21)23/h2,4,7,9,14,16H,1,3,5-6,8,10-13H2/t14-,16+/m0/s1. The lowest BCUT2D eigenvalue weighted by molar-refractivity contribution is -0.149. The number of hydrogen-bond acceptors (Lipinski definition) is 4. The molecule has 0 unspecified atom stereocenters. The lowest BCUT2D eigenvalue weighted by Gasteiger charge is -2.43. The summed E-state index contributed by atoms with van der Waals surface area (Å²) < 4.78 is 12.7. The smallest absolute Gasteiger partial charge is 0.408 e. The zero-order chi connectivity index (χ0) is 17.2. The highest BCUT2D eigenvalue weighted by atomic mass is 16.5. The van der Waals surface area contributed by atoms with E-state index in [4.69, 9.17) is 9.15 Å². The summed E-state index contributed by atoms with van der Waals surface area (Å²) in [6.45, 7) is 1.83. The van der Waals surface area contributed by atoms with Crippen LogP contribution in [0.4, 0.5) is 0 Å². The molecule has 2 aliphatic rings. The predicted octanol–water partition coefficient (Wildman–Crippen LogP) is 2.54. The van der Waals surface area contributed by atoms with Gasteiger partial charge < -0.3 is 14.1 Å². The van der Waals surface area contributed by atoms with Crippen molar-refractivity contribution in [2.24, 2.45) is 0 Å². The van der Waals surface area contributed by atoms with Crippen LogP contribution in [-0.2, 0) is 16.1 Å². The van der Waals surface area contributed by atoms with Gasteiger partial charge in [-0.3, -0.25) is 9.36 Å². The molecule has 25 heavy (non-hydrogen) atoms. The summed E-state index contributed by atoms with van der Waals surface area (Å²) in [6.07, 6.45) is 5.77. The largest absolute Gasteiger partial charge is 0.419 e. The predicted molar refractivity (Wildman–Crippen MR) is 93.4 cm³/mol. The molecule has 4 rings (SSSR count). The molecule has 134 valence electrons. The quantitative estimate of drug-likeness (QED) is 0.855. The number of fused-ring (bicyclic) bond motifs is 2. The minimum Gasteiger partial charge on any atom is -0.408 e. The lowest BCUT2D eigenvalue weighted by Crippen LogP contribution is -2.54. The first-order valence-electron chi connectivity index (χ1n) is 9.23. The number of aryl methyl sites for hydroxylation is 1. The molecule has 1 saturated carbocycles. The molecule has 0 spiro atoms. The van der Waals surface area contributed by atoms with Gasteiger partial charge in [-0.2, -0.15) is 0 Å². The highest BCUT2D eigenvalue weighted by molar-refractivity contribution is 5.77. The summed E-state index contributed by atoms with van der Waals surface area (Å²) in [7, 11) is 0. The highest BCUT2D eigenvalue weighted by Gasteiger charge is 2.36. The van der Waals surface area contributed by atoms with E-state index >= 15 is 0 Å². The summed E-state index contributed by atoms with van der Waals surface area (Å²) in [5.41, 5.74) is 1.38. The van der Waals surface area contributed by atoms with Crippen molar-refractivity contribution < 1.29 is 13.9 Å². The van der Waals surface area contributed by atoms with Crippen LogP contribution in [0.15, 0.2) is 33.5 Å². The minimum absolute atomic E-state index is 0.182. The van der Waals surface area contributed by atoms with E-state index in [2.05, 4.69) is 0 Å². The molecule has 6 heteroatoms. The maximum atomic E-state index is 12.7. The van der Waals surface area contributed by atoms with Crippen molar-refractivity contribution in [3.63, 3.8) is 0 Å². The van der Waals surface area contributed by atoms with Gasteiger partial charge in [0.15, 0.2) is 5.58 Å². The number of oxazole rings is 1. The van der Waals surface area contributed by atoms with E-state index in [1.807, 2.05) is 23.1 Å². The normalized spacial score (nSPS) is 23.6. The van der Waals surface area contributed by atoms with Gasteiger partial charge >= 0.3 is 5.76 Å². The number of benzene rings is 1. The van der Waals surface area contributed by atoms with Crippen molar-refractivity contribution >= 4 is 17.0 Å². The van der Waals surface area contributed by atoms with E-state index in [-0.39, 0.29) is 23.8 Å². The molecule has 2 aromatic rings. The van der Waals surface area contributed by atoms with Crippen molar-refractivity contribution in [2.45, 2.75) is 57.2 Å². The van der Waals surface area contributed by atoms with Crippen LogP contribution < -0.4 is 5.76 Å². The third-order valence-electron chi connectivity index (χ3n) is 5.40. The third-order valence-corrected chi connectivity index (χ3v) is 5.40. The minimum atomic E-state index is -0.354. The molecule has 2 atom stereocenters. The van der Waals surface area contributed by atoms with Gasteiger partial charge in [0.05, 0.1) is 24.3 Å². The number of amides is 1. The van der Waals surface area contributed by atoms with E-state index in [1.54, 1.807) is 10.6 Å². The fourth-order valence-corrected chi connectivity index (χ4v) is 4.16. The van der Waals surface area contributed by atoms with Gasteiger partial charge in [-0.25, -0.2) is 4.79 Å². The number of carbonyl (C=O) groups excluding carboxylic acids is 1. The average Bonchev–Trinajstić information content (AvgIpc) is 2.96. The fraction of sp³-hybridized carbons (Fsp3) is 0.579. The van der Waals surface area contributed by atoms with E-state index in [9.17, 15) is 9.59 Å². The SMILES string of the molecule is O=C(CCCn1c(=O)oc2ccccc21)N1CCO[C@@H]2CCCC[C@@H]21. The molecule has 2 heterocycles. The van der Waals surface area contributed by atoms with Crippen LogP contribution in [0.25, 0.3) is 11.1 Å². The summed E-state index contributed by atoms with van der Waals surface area (Å²) in [4.78, 5) is 26.7. The number of ether oxygens (including phenoxy) is 1. The monoisotopic (exact) mass is 344 g/mol. The number of para-hydroxylation sites is 2. The van der Waals surface area contributed by atoms with E-state index in [0.717, 1.165) is 18.4 Å². The first kappa shape index (κ1) is 16.4. The number of hydrogen-bond donors (Lipinski definition) is 0. The molecule has 6 nitrogen and oxygen atoms in total. The zero-order valence-corrected chi connectivity index (χ0v) is 14.4. The van der Waals surface area contributed by atoms with Crippen LogP contribution in [0.1, 0.15) is 38.5 Å². The Balaban J connectivity index is 1.38. The highest BCUT2D eigenvalue weighted by Crippen LogP contribution is 2.29. The van der Waals surface area contributed by atoms with E-state index in [1.165, 1.54) is 12.8 Å². The van der Waals surface area contributed by atoms with Crippen LogP contribution in [0, 0.1) is 0 Å². The third kappa shape index (κ3) is 3.23. The molecule has 0 bridgehead atoms. The van der Waals surface area contributed by atoms with Gasteiger partial charge in [-0.1, -0.05) is 25.0 Å². The molecule has 1 aromatic carbocycles. The number of nitrogens with zero attached hydrogens (tertiary/aromatic N) is 2. The van der Waals surface area contributed by atoms with Crippen molar-refractivity contribution in [1.29, 1.82) is 0 Å². The molecular weight excluding hydrogens is 320 g/mol. The van der Waals surface area contributed by atoms with Gasteiger partial charge in [0, 0.05) is 19.5 Å². The van der Waals surface area contributed by atoms with Crippen LogP contribution in [0.3, 0.4) is 0 Å². The Morgan fingerprint density at radius 1 is 1.20 bits per heavy atom. The van der Waals surface area contributed by atoms with E-state index in [0.29, 0.717) is 38.1 Å². The molecular formula is C19H24N2O4. The van der Waals surface area contributed by atoms with Crippen LogP contribution in [0.2, 0.25) is 0 Å². The number of morpholine rings is 1. The van der Waals surface area contributed by atoms with Gasteiger partial charge in [0.25, 0.3) is 0 Å². The van der Waals surface area contributed by atoms with Crippen molar-refractivity contribution in [3.8, 4) is 0 Å². The van der Waals surface area contributed by atoms with Crippen molar-refractivity contribution in [2.75, 3.05) is 13.2 Å². The zero-order valence-electron chi connectivity index (χ0n) is 14.4. The van der Waals surface area contributed by atoms with Gasteiger partial charge in [-0.05, 0) is 31.4 Å². The second kappa shape index (κ2) is 7.04. The Kier molecular flexibility index (Phi) is 4.61. The summed E-state index contributed by atoms with van der Waals surface area (Å²) >= 11 is 0. The molecule has 1 aliphatic carbocycles. The maximum absolute atomic E-state index is 12.7. The Bertz CT molecular complexity index is 807. The van der Waals surface area contributed by atoms with Gasteiger partial charge in [0.2, 0.25) is 5.91 Å². The Morgan fingerprint density at radius 3 is 2.96 bits per heavy atom. The second-order valence-corrected chi connectivity index (χ2v) is 6.94.